The minimum absolute atomic E-state index is 0. The molecule has 1 aliphatic carbocycles. The number of hydrogen-bond acceptors (Lipinski definition) is 6. The monoisotopic (exact) mass is 382 g/mol. The fraction of sp³-hybridized carbons (Fsp3) is 0.632. The number of ether oxygens (including phenoxy) is 2. The van der Waals surface area contributed by atoms with Crippen molar-refractivity contribution >= 4 is 23.4 Å². The van der Waals surface area contributed by atoms with Crippen LogP contribution in [0.4, 0.5) is 0 Å². The zero-order valence-electron chi connectivity index (χ0n) is 14.9. The molecule has 4 rings (SSSR count). The van der Waals surface area contributed by atoms with E-state index < -0.39 is 0 Å². The van der Waals surface area contributed by atoms with Gasteiger partial charge in [-0.25, -0.2) is 0 Å². The van der Waals surface area contributed by atoms with E-state index in [1.807, 2.05) is 18.2 Å². The lowest BCUT2D eigenvalue weighted by Crippen LogP contribution is -2.30. The smallest absolute Gasteiger partial charge is 0.265 e. The second kappa shape index (κ2) is 8.93. The fourth-order valence-electron chi connectivity index (χ4n) is 3.72. The highest BCUT2D eigenvalue weighted by Gasteiger charge is 2.24. The van der Waals surface area contributed by atoms with Gasteiger partial charge in [-0.15, -0.1) is 12.4 Å². The quantitative estimate of drug-likeness (QED) is 0.826. The maximum atomic E-state index is 9.66. The SMILES string of the molecule is Cl.OC1CCC(Oc2cccc3onc(OCC4CCNCC4)c23)CC1. The summed E-state index contributed by atoms with van der Waals surface area (Å²) in [4.78, 5) is 0. The summed E-state index contributed by atoms with van der Waals surface area (Å²) in [5.74, 6) is 1.85. The van der Waals surface area contributed by atoms with Gasteiger partial charge in [-0.2, -0.15) is 0 Å². The molecule has 7 heteroatoms. The van der Waals surface area contributed by atoms with Crippen molar-refractivity contribution in [3.63, 3.8) is 0 Å². The van der Waals surface area contributed by atoms with Crippen molar-refractivity contribution in [1.82, 2.24) is 10.5 Å². The van der Waals surface area contributed by atoms with Crippen molar-refractivity contribution in [3.8, 4) is 11.6 Å². The number of piperidine rings is 1. The molecule has 0 amide bonds. The van der Waals surface area contributed by atoms with Gasteiger partial charge in [0.2, 0.25) is 0 Å². The second-order valence-corrected chi connectivity index (χ2v) is 7.17. The van der Waals surface area contributed by atoms with E-state index in [0.29, 0.717) is 24.0 Å². The first-order chi connectivity index (χ1) is 12.3. The summed E-state index contributed by atoms with van der Waals surface area (Å²) in [6.07, 6.45) is 5.53. The lowest BCUT2D eigenvalue weighted by atomic mass is 9.95. The van der Waals surface area contributed by atoms with Crippen LogP contribution in [-0.4, -0.2) is 42.2 Å². The first-order valence-electron chi connectivity index (χ1n) is 9.36. The molecule has 26 heavy (non-hydrogen) atoms. The van der Waals surface area contributed by atoms with Gasteiger partial charge in [0.25, 0.3) is 5.88 Å². The molecule has 2 N–H and O–H groups in total. The topological polar surface area (TPSA) is 76.8 Å². The Balaban J connectivity index is 0.00000196. The predicted molar refractivity (Wildman–Crippen MR) is 101 cm³/mol. The van der Waals surface area contributed by atoms with Gasteiger partial charge in [0.15, 0.2) is 5.58 Å². The Morgan fingerprint density at radius 3 is 2.65 bits per heavy atom. The van der Waals surface area contributed by atoms with Gasteiger partial charge in [-0.05, 0) is 74.8 Å². The van der Waals surface area contributed by atoms with E-state index >= 15 is 0 Å². The molecular weight excluding hydrogens is 356 g/mol. The third kappa shape index (κ3) is 4.42. The van der Waals surface area contributed by atoms with Crippen LogP contribution in [0.15, 0.2) is 22.7 Å². The van der Waals surface area contributed by atoms with Gasteiger partial charge in [0.05, 0.1) is 18.8 Å². The number of nitrogens with one attached hydrogen (secondary N) is 1. The van der Waals surface area contributed by atoms with Crippen LogP contribution in [0.5, 0.6) is 11.6 Å². The zero-order valence-corrected chi connectivity index (χ0v) is 15.7. The molecular formula is C19H27ClN2O4. The highest BCUT2D eigenvalue weighted by Crippen LogP contribution is 2.36. The van der Waals surface area contributed by atoms with E-state index in [1.54, 1.807) is 0 Å². The Kier molecular flexibility index (Phi) is 6.62. The average Bonchev–Trinajstić information content (AvgIpc) is 3.07. The molecule has 2 fully saturated rings. The molecule has 0 radical (unpaired) electrons. The first kappa shape index (κ1) is 19.3. The molecule has 6 nitrogen and oxygen atoms in total. The Hall–Kier alpha value is -1.50. The Morgan fingerprint density at radius 2 is 1.88 bits per heavy atom. The number of aromatic nitrogens is 1. The molecule has 1 saturated carbocycles. The van der Waals surface area contributed by atoms with Crippen molar-refractivity contribution in [2.24, 2.45) is 5.92 Å². The fourth-order valence-corrected chi connectivity index (χ4v) is 3.72. The highest BCUT2D eigenvalue weighted by molar-refractivity contribution is 5.88. The van der Waals surface area contributed by atoms with Crippen molar-refractivity contribution < 1.29 is 19.1 Å². The summed E-state index contributed by atoms with van der Waals surface area (Å²) in [5.41, 5.74) is 0.689. The van der Waals surface area contributed by atoms with Crippen LogP contribution in [0.3, 0.4) is 0 Å². The molecule has 2 aromatic rings. The lowest BCUT2D eigenvalue weighted by Gasteiger charge is -2.26. The van der Waals surface area contributed by atoms with Gasteiger partial charge in [-0.1, -0.05) is 6.07 Å². The van der Waals surface area contributed by atoms with E-state index in [-0.39, 0.29) is 24.6 Å². The molecule has 1 saturated heterocycles. The summed E-state index contributed by atoms with van der Waals surface area (Å²) in [7, 11) is 0. The molecule has 144 valence electrons. The molecule has 0 bridgehead atoms. The van der Waals surface area contributed by atoms with Crippen LogP contribution in [0.25, 0.3) is 11.0 Å². The van der Waals surface area contributed by atoms with Crippen LogP contribution in [0.1, 0.15) is 38.5 Å². The van der Waals surface area contributed by atoms with E-state index in [2.05, 4.69) is 10.5 Å². The number of aliphatic hydroxyl groups excluding tert-OH is 1. The van der Waals surface area contributed by atoms with Gasteiger partial charge >= 0.3 is 0 Å². The van der Waals surface area contributed by atoms with E-state index in [0.717, 1.165) is 62.8 Å². The summed E-state index contributed by atoms with van der Waals surface area (Å²) in [5, 5.41) is 18.0. The average molecular weight is 383 g/mol. The van der Waals surface area contributed by atoms with Crippen LogP contribution in [0, 0.1) is 5.92 Å². The van der Waals surface area contributed by atoms with Crippen molar-refractivity contribution in [1.29, 1.82) is 0 Å². The molecule has 1 aliphatic heterocycles. The minimum Gasteiger partial charge on any atom is -0.489 e. The Morgan fingerprint density at radius 1 is 1.12 bits per heavy atom. The van der Waals surface area contributed by atoms with Crippen LogP contribution < -0.4 is 14.8 Å². The third-order valence-corrected chi connectivity index (χ3v) is 5.28. The zero-order chi connectivity index (χ0) is 17.1. The molecule has 1 aromatic heterocycles. The summed E-state index contributed by atoms with van der Waals surface area (Å²) in [6, 6.07) is 5.75. The predicted octanol–water partition coefficient (Wildman–Crippen LogP) is 3.31. The molecule has 1 aromatic carbocycles. The molecule has 0 spiro atoms. The van der Waals surface area contributed by atoms with Gasteiger partial charge in [-0.3, -0.25) is 0 Å². The van der Waals surface area contributed by atoms with E-state index in [9.17, 15) is 5.11 Å². The maximum Gasteiger partial charge on any atom is 0.265 e. The van der Waals surface area contributed by atoms with Crippen molar-refractivity contribution in [3.05, 3.63) is 18.2 Å². The largest absolute Gasteiger partial charge is 0.489 e. The molecule has 0 atom stereocenters. The van der Waals surface area contributed by atoms with Gasteiger partial charge in [0.1, 0.15) is 11.1 Å². The molecule has 0 unspecified atom stereocenters. The molecule has 2 heterocycles. The van der Waals surface area contributed by atoms with Crippen LogP contribution in [-0.2, 0) is 0 Å². The summed E-state index contributed by atoms with van der Waals surface area (Å²) in [6.45, 7) is 2.76. The van der Waals surface area contributed by atoms with Crippen molar-refractivity contribution in [2.75, 3.05) is 19.7 Å². The van der Waals surface area contributed by atoms with Crippen molar-refractivity contribution in [2.45, 2.75) is 50.7 Å². The molecule has 2 aliphatic rings. The number of nitrogens with zero attached hydrogens (tertiary/aromatic N) is 1. The van der Waals surface area contributed by atoms with Crippen LogP contribution in [0.2, 0.25) is 0 Å². The Bertz CT molecular complexity index is 694. The lowest BCUT2D eigenvalue weighted by molar-refractivity contribution is 0.0672. The van der Waals surface area contributed by atoms with Gasteiger partial charge in [0, 0.05) is 0 Å². The van der Waals surface area contributed by atoms with Crippen LogP contribution >= 0.6 is 12.4 Å². The normalized spacial score (nSPS) is 24.2. The number of benzene rings is 1. The highest BCUT2D eigenvalue weighted by atomic mass is 35.5. The number of aliphatic hydroxyl groups is 1. The summed E-state index contributed by atoms with van der Waals surface area (Å²) < 4.78 is 17.6. The second-order valence-electron chi connectivity index (χ2n) is 7.17. The number of hydrogen-bond donors (Lipinski definition) is 2. The Labute approximate surface area is 159 Å². The number of fused-ring (bicyclic) bond motifs is 1. The van der Waals surface area contributed by atoms with E-state index in [4.69, 9.17) is 14.0 Å². The number of rotatable bonds is 5. The van der Waals surface area contributed by atoms with Gasteiger partial charge < -0.3 is 24.4 Å². The van der Waals surface area contributed by atoms with E-state index in [1.165, 1.54) is 0 Å². The standard InChI is InChI=1S/C19H26N2O4.ClH/c22-14-4-6-15(7-5-14)24-16-2-1-3-17-18(16)19(21-25-17)23-12-13-8-10-20-11-9-13;/h1-3,13-15,20,22H,4-12H2;1H. The third-order valence-electron chi connectivity index (χ3n) is 5.28. The number of halogens is 1. The summed E-state index contributed by atoms with van der Waals surface area (Å²) >= 11 is 0. The minimum atomic E-state index is -0.185. The first-order valence-corrected chi connectivity index (χ1v) is 9.36. The maximum absolute atomic E-state index is 9.66.